The van der Waals surface area contributed by atoms with Crippen molar-refractivity contribution >= 4 is 49.4 Å². The first kappa shape index (κ1) is 16.5. The van der Waals surface area contributed by atoms with Crippen molar-refractivity contribution in [2.24, 2.45) is 0 Å². The van der Waals surface area contributed by atoms with Gasteiger partial charge in [-0.25, -0.2) is 0 Å². The molecule has 116 valence electrons. The van der Waals surface area contributed by atoms with Gasteiger partial charge in [-0.3, -0.25) is 9.52 Å². The molecule has 0 aliphatic carbocycles. The number of carbonyl (C=O) groups is 1. The number of carboxylic acids is 1. The molecule has 1 atom stereocenters. The van der Waals surface area contributed by atoms with Crippen LogP contribution in [0.4, 0.5) is 5.69 Å². The molecule has 2 rings (SSSR count). The molecule has 1 saturated heterocycles. The monoisotopic (exact) mass is 396 g/mol. The molecule has 1 aliphatic rings. The maximum Gasteiger partial charge on any atom is 0.322 e. The molecule has 1 fully saturated rings. The van der Waals surface area contributed by atoms with E-state index in [-0.39, 0.29) is 12.2 Å². The summed E-state index contributed by atoms with van der Waals surface area (Å²) in [6.45, 7) is 0.185. The van der Waals surface area contributed by atoms with Gasteiger partial charge in [0.05, 0.1) is 15.2 Å². The molecule has 1 unspecified atom stereocenters. The third-order valence-electron chi connectivity index (χ3n) is 3.24. The van der Waals surface area contributed by atoms with E-state index in [1.807, 2.05) is 0 Å². The largest absolute Gasteiger partial charge is 0.480 e. The molecule has 1 aromatic carbocycles. The van der Waals surface area contributed by atoms with Gasteiger partial charge in [-0.1, -0.05) is 17.7 Å². The van der Waals surface area contributed by atoms with E-state index in [1.165, 1.54) is 0 Å². The molecule has 1 aliphatic heterocycles. The summed E-state index contributed by atoms with van der Waals surface area (Å²) >= 11 is 9.13. The third-order valence-corrected chi connectivity index (χ3v) is 6.17. The zero-order valence-corrected chi connectivity index (χ0v) is 14.1. The second-order valence-corrected chi connectivity index (χ2v) is 7.49. The van der Waals surface area contributed by atoms with Crippen molar-refractivity contribution in [3.05, 3.63) is 27.7 Å². The first-order valence-corrected chi connectivity index (χ1v) is 8.90. The number of piperidine rings is 1. The van der Waals surface area contributed by atoms with Gasteiger partial charge < -0.3 is 5.11 Å². The fraction of sp³-hybridized carbons (Fsp3) is 0.417. The lowest BCUT2D eigenvalue weighted by atomic mass is 10.1. The van der Waals surface area contributed by atoms with Gasteiger partial charge in [-0.05, 0) is 47.3 Å². The molecule has 0 amide bonds. The summed E-state index contributed by atoms with van der Waals surface area (Å²) in [5, 5.41) is 9.54. The number of anilines is 1. The fourth-order valence-electron chi connectivity index (χ4n) is 2.22. The molecule has 1 heterocycles. The Balaban J connectivity index is 2.28. The molecule has 9 heteroatoms. The number of aliphatic carboxylic acids is 1. The van der Waals surface area contributed by atoms with Crippen LogP contribution in [0.1, 0.15) is 19.3 Å². The molecule has 6 nitrogen and oxygen atoms in total. The number of carboxylic acid groups (broad SMARTS) is 1. The van der Waals surface area contributed by atoms with Crippen molar-refractivity contribution in [1.82, 2.24) is 4.31 Å². The molecule has 0 bridgehead atoms. The SMILES string of the molecule is O=C(O)C1CCCCN1S(=O)(=O)Nc1cccc(Cl)c1Br. The average Bonchev–Trinajstić information content (AvgIpc) is 2.44. The topological polar surface area (TPSA) is 86.7 Å². The predicted octanol–water partition coefficient (Wildman–Crippen LogP) is 2.70. The van der Waals surface area contributed by atoms with Crippen molar-refractivity contribution in [2.75, 3.05) is 11.3 Å². The van der Waals surface area contributed by atoms with Crippen molar-refractivity contribution in [1.29, 1.82) is 0 Å². The summed E-state index contributed by atoms with van der Waals surface area (Å²) in [5.41, 5.74) is 0.275. The Labute approximate surface area is 136 Å². The molecular weight excluding hydrogens is 384 g/mol. The maximum atomic E-state index is 12.4. The van der Waals surface area contributed by atoms with E-state index >= 15 is 0 Å². The lowest BCUT2D eigenvalue weighted by Gasteiger charge is -2.32. The van der Waals surface area contributed by atoms with Crippen LogP contribution >= 0.6 is 27.5 Å². The van der Waals surface area contributed by atoms with Crippen molar-refractivity contribution in [3.63, 3.8) is 0 Å². The Hall–Kier alpha value is -0.830. The highest BCUT2D eigenvalue weighted by atomic mass is 79.9. The maximum absolute atomic E-state index is 12.4. The first-order chi connectivity index (χ1) is 9.83. The van der Waals surface area contributed by atoms with Crippen molar-refractivity contribution in [3.8, 4) is 0 Å². The fourth-order valence-corrected chi connectivity index (χ4v) is 4.35. The number of hydrogen-bond acceptors (Lipinski definition) is 3. The summed E-state index contributed by atoms with van der Waals surface area (Å²) in [7, 11) is -3.96. The van der Waals surface area contributed by atoms with Crippen LogP contribution in [0.5, 0.6) is 0 Å². The lowest BCUT2D eigenvalue weighted by molar-refractivity contribution is -0.142. The molecule has 1 aromatic rings. The van der Waals surface area contributed by atoms with E-state index in [0.29, 0.717) is 28.8 Å². The number of halogens is 2. The molecular formula is C12H14BrClN2O4S. The van der Waals surface area contributed by atoms with E-state index in [9.17, 15) is 18.3 Å². The van der Waals surface area contributed by atoms with Crippen LogP contribution < -0.4 is 4.72 Å². The first-order valence-electron chi connectivity index (χ1n) is 6.29. The normalized spacial score (nSPS) is 20.2. The van der Waals surface area contributed by atoms with Crippen LogP contribution in [-0.2, 0) is 15.0 Å². The van der Waals surface area contributed by atoms with Crippen LogP contribution in [-0.4, -0.2) is 36.4 Å². The van der Waals surface area contributed by atoms with E-state index in [1.54, 1.807) is 18.2 Å². The summed E-state index contributed by atoms with van der Waals surface area (Å²) in [4.78, 5) is 11.2. The molecule has 0 saturated carbocycles. The lowest BCUT2D eigenvalue weighted by Crippen LogP contribution is -2.49. The van der Waals surface area contributed by atoms with E-state index in [0.717, 1.165) is 4.31 Å². The molecule has 0 aromatic heterocycles. The van der Waals surface area contributed by atoms with Gasteiger partial charge in [0.25, 0.3) is 0 Å². The number of rotatable bonds is 4. The zero-order chi connectivity index (χ0) is 15.6. The Morgan fingerprint density at radius 1 is 1.43 bits per heavy atom. The van der Waals surface area contributed by atoms with E-state index in [2.05, 4.69) is 20.7 Å². The summed E-state index contributed by atoms with van der Waals surface area (Å²) < 4.78 is 28.6. The minimum absolute atomic E-state index is 0.185. The van der Waals surface area contributed by atoms with Gasteiger partial charge in [-0.2, -0.15) is 12.7 Å². The van der Waals surface area contributed by atoms with Crippen LogP contribution in [0.3, 0.4) is 0 Å². The van der Waals surface area contributed by atoms with Gasteiger partial charge in [0.15, 0.2) is 0 Å². The second-order valence-electron chi connectivity index (χ2n) is 4.67. The number of hydrogen-bond donors (Lipinski definition) is 2. The summed E-state index contributed by atoms with van der Waals surface area (Å²) in [6.07, 6.45) is 1.65. The Morgan fingerprint density at radius 2 is 2.14 bits per heavy atom. The van der Waals surface area contributed by atoms with Crippen molar-refractivity contribution < 1.29 is 18.3 Å². The number of benzene rings is 1. The van der Waals surface area contributed by atoms with Gasteiger partial charge >= 0.3 is 16.2 Å². The smallest absolute Gasteiger partial charge is 0.322 e. The molecule has 2 N–H and O–H groups in total. The highest BCUT2D eigenvalue weighted by Gasteiger charge is 2.37. The molecule has 0 radical (unpaired) electrons. The van der Waals surface area contributed by atoms with Crippen LogP contribution in [0.2, 0.25) is 5.02 Å². The van der Waals surface area contributed by atoms with Gasteiger partial charge in [-0.15, -0.1) is 0 Å². The average molecular weight is 398 g/mol. The van der Waals surface area contributed by atoms with Crippen LogP contribution in [0.15, 0.2) is 22.7 Å². The minimum Gasteiger partial charge on any atom is -0.480 e. The Bertz CT molecular complexity index is 653. The highest BCUT2D eigenvalue weighted by molar-refractivity contribution is 9.10. The minimum atomic E-state index is -3.96. The van der Waals surface area contributed by atoms with Gasteiger partial charge in [0, 0.05) is 6.54 Å². The van der Waals surface area contributed by atoms with Gasteiger partial charge in [0.2, 0.25) is 0 Å². The number of nitrogens with one attached hydrogen (secondary N) is 1. The zero-order valence-electron chi connectivity index (χ0n) is 10.9. The second kappa shape index (κ2) is 6.51. The van der Waals surface area contributed by atoms with Gasteiger partial charge in [0.1, 0.15) is 6.04 Å². The predicted molar refractivity (Wildman–Crippen MR) is 83.7 cm³/mol. The number of nitrogens with zero attached hydrogens (tertiary/aromatic N) is 1. The highest BCUT2D eigenvalue weighted by Crippen LogP contribution is 2.32. The van der Waals surface area contributed by atoms with Crippen LogP contribution in [0, 0.1) is 0 Å². The molecule has 0 spiro atoms. The quantitative estimate of drug-likeness (QED) is 0.818. The third kappa shape index (κ3) is 3.68. The van der Waals surface area contributed by atoms with Crippen LogP contribution in [0.25, 0.3) is 0 Å². The standard InChI is InChI=1S/C12H14BrClN2O4S/c13-11-8(14)4-3-5-9(11)15-21(19,20)16-7-2-1-6-10(16)12(17)18/h3-5,10,15H,1-2,6-7H2,(H,17,18). The summed E-state index contributed by atoms with van der Waals surface area (Å²) in [6, 6.07) is 3.74. The van der Waals surface area contributed by atoms with E-state index in [4.69, 9.17) is 11.6 Å². The molecule has 21 heavy (non-hydrogen) atoms. The summed E-state index contributed by atoms with van der Waals surface area (Å²) in [5.74, 6) is -1.13. The van der Waals surface area contributed by atoms with Crippen molar-refractivity contribution in [2.45, 2.75) is 25.3 Å². The Kier molecular flexibility index (Phi) is 5.13. The van der Waals surface area contributed by atoms with E-state index < -0.39 is 22.2 Å². The Morgan fingerprint density at radius 3 is 2.81 bits per heavy atom.